The third kappa shape index (κ3) is 5.53. The lowest BCUT2D eigenvalue weighted by Gasteiger charge is -2.26. The molecule has 1 amide bonds. The molecule has 1 aromatic heterocycles. The first-order chi connectivity index (χ1) is 18.0. The Bertz CT molecular complexity index is 1390. The smallest absolute Gasteiger partial charge is 0.257 e. The molecule has 1 saturated heterocycles. The third-order valence-corrected chi connectivity index (χ3v) is 6.68. The van der Waals surface area contributed by atoms with Crippen molar-refractivity contribution in [1.29, 1.82) is 0 Å². The minimum Gasteiger partial charge on any atom is -0.437 e. The first-order valence-corrected chi connectivity index (χ1v) is 12.6. The number of aryl methyl sites for hydroxylation is 1. The molecule has 0 N–H and O–H groups in total. The predicted molar refractivity (Wildman–Crippen MR) is 140 cm³/mol. The van der Waals surface area contributed by atoms with Gasteiger partial charge < -0.3 is 14.4 Å². The largest absolute Gasteiger partial charge is 0.437 e. The number of hydrogen-bond acceptors (Lipinski definition) is 4. The Hall–Kier alpha value is -3.68. The van der Waals surface area contributed by atoms with Gasteiger partial charge in [-0.2, -0.15) is 5.10 Å². The van der Waals surface area contributed by atoms with E-state index in [4.69, 9.17) is 26.2 Å². The number of hydrogen-bond donors (Lipinski definition) is 0. The van der Waals surface area contributed by atoms with E-state index in [0.29, 0.717) is 41.1 Å². The van der Waals surface area contributed by atoms with Crippen LogP contribution in [0.3, 0.4) is 0 Å². The second-order valence-corrected chi connectivity index (χ2v) is 9.36. The van der Waals surface area contributed by atoms with Crippen molar-refractivity contribution in [3.05, 3.63) is 107 Å². The van der Waals surface area contributed by atoms with Gasteiger partial charge in [-0.3, -0.25) is 4.79 Å². The zero-order valence-electron chi connectivity index (χ0n) is 20.4. The number of rotatable bonds is 8. The van der Waals surface area contributed by atoms with Gasteiger partial charge in [0.1, 0.15) is 11.6 Å². The Morgan fingerprint density at radius 2 is 1.84 bits per heavy atom. The van der Waals surface area contributed by atoms with Crippen LogP contribution < -0.4 is 4.74 Å². The van der Waals surface area contributed by atoms with Gasteiger partial charge in [0, 0.05) is 13.2 Å². The van der Waals surface area contributed by atoms with Gasteiger partial charge in [-0.1, -0.05) is 54.1 Å². The molecule has 0 bridgehead atoms. The normalized spacial score (nSPS) is 15.1. The van der Waals surface area contributed by atoms with Crippen LogP contribution in [0.2, 0.25) is 5.02 Å². The molecule has 0 radical (unpaired) electrons. The van der Waals surface area contributed by atoms with Gasteiger partial charge in [0.05, 0.1) is 40.2 Å². The van der Waals surface area contributed by atoms with Crippen LogP contribution >= 0.6 is 11.6 Å². The standard InChI is InChI=1S/C29H27ClFN3O3/c1-20-24(19-33(18-22-12-9-17-36-22)28(35)23-13-5-7-15-26(23)31)29(37-27-16-8-6-14-25(27)30)34(32-20)21-10-3-2-4-11-21/h2-8,10-11,13-16,22H,9,12,17-19H2,1H3/t22-/m1/s1. The average molecular weight is 520 g/mol. The summed E-state index contributed by atoms with van der Waals surface area (Å²) in [6.45, 7) is 3.00. The van der Waals surface area contributed by atoms with Crippen molar-refractivity contribution < 1.29 is 18.7 Å². The predicted octanol–water partition coefficient (Wildman–Crippen LogP) is 6.59. The molecule has 4 aromatic rings. The lowest BCUT2D eigenvalue weighted by Crippen LogP contribution is -2.37. The van der Waals surface area contributed by atoms with Gasteiger partial charge in [-0.05, 0) is 56.2 Å². The molecular weight excluding hydrogens is 493 g/mol. The van der Waals surface area contributed by atoms with E-state index in [0.717, 1.165) is 18.5 Å². The van der Waals surface area contributed by atoms with Crippen LogP contribution in [-0.2, 0) is 11.3 Å². The van der Waals surface area contributed by atoms with Crippen molar-refractivity contribution >= 4 is 17.5 Å². The minimum atomic E-state index is -0.561. The summed E-state index contributed by atoms with van der Waals surface area (Å²) in [4.78, 5) is 15.2. The highest BCUT2D eigenvalue weighted by molar-refractivity contribution is 6.32. The monoisotopic (exact) mass is 519 g/mol. The summed E-state index contributed by atoms with van der Waals surface area (Å²) in [5.41, 5.74) is 2.20. The number of halogens is 2. The molecule has 37 heavy (non-hydrogen) atoms. The highest BCUT2D eigenvalue weighted by Gasteiger charge is 2.29. The van der Waals surface area contributed by atoms with Gasteiger partial charge in [-0.25, -0.2) is 9.07 Å². The number of aromatic nitrogens is 2. The number of para-hydroxylation sites is 2. The van der Waals surface area contributed by atoms with E-state index in [2.05, 4.69) is 0 Å². The van der Waals surface area contributed by atoms with Crippen molar-refractivity contribution in [1.82, 2.24) is 14.7 Å². The third-order valence-electron chi connectivity index (χ3n) is 6.37. The Kier molecular flexibility index (Phi) is 7.53. The van der Waals surface area contributed by atoms with Crippen LogP contribution in [0.15, 0.2) is 78.9 Å². The zero-order valence-corrected chi connectivity index (χ0v) is 21.2. The highest BCUT2D eigenvalue weighted by atomic mass is 35.5. The lowest BCUT2D eigenvalue weighted by molar-refractivity contribution is 0.0502. The second kappa shape index (κ2) is 11.2. The second-order valence-electron chi connectivity index (χ2n) is 8.95. The Morgan fingerprint density at radius 3 is 2.57 bits per heavy atom. The first kappa shape index (κ1) is 25.0. The number of amides is 1. The van der Waals surface area contributed by atoms with Crippen LogP contribution in [0.25, 0.3) is 5.69 Å². The summed E-state index contributed by atoms with van der Waals surface area (Å²) in [7, 11) is 0. The molecule has 1 aliphatic heterocycles. The van der Waals surface area contributed by atoms with E-state index >= 15 is 0 Å². The van der Waals surface area contributed by atoms with Crippen LogP contribution in [0, 0.1) is 12.7 Å². The van der Waals surface area contributed by atoms with Gasteiger partial charge in [0.15, 0.2) is 0 Å². The molecular formula is C29H27ClFN3O3. The van der Waals surface area contributed by atoms with Gasteiger partial charge in [0.25, 0.3) is 5.91 Å². The first-order valence-electron chi connectivity index (χ1n) is 12.2. The van der Waals surface area contributed by atoms with Crippen LogP contribution in [0.1, 0.15) is 34.5 Å². The number of carbonyl (C=O) groups excluding carboxylic acids is 1. The molecule has 190 valence electrons. The van der Waals surface area contributed by atoms with E-state index in [1.807, 2.05) is 49.4 Å². The lowest BCUT2D eigenvalue weighted by atomic mass is 10.1. The molecule has 0 aliphatic carbocycles. The van der Waals surface area contributed by atoms with Crippen molar-refractivity contribution in [2.75, 3.05) is 13.2 Å². The fraction of sp³-hybridized carbons (Fsp3) is 0.241. The summed E-state index contributed by atoms with van der Waals surface area (Å²) < 4.78 is 28.5. The highest BCUT2D eigenvalue weighted by Crippen LogP contribution is 2.35. The van der Waals surface area contributed by atoms with Crippen molar-refractivity contribution in [3.63, 3.8) is 0 Å². The summed E-state index contributed by atoms with van der Waals surface area (Å²) in [6.07, 6.45) is 1.65. The maximum atomic E-state index is 14.6. The molecule has 6 nitrogen and oxygen atoms in total. The molecule has 8 heteroatoms. The van der Waals surface area contributed by atoms with E-state index in [1.54, 1.807) is 33.8 Å². The number of nitrogens with zero attached hydrogens (tertiary/aromatic N) is 3. The Morgan fingerprint density at radius 1 is 1.11 bits per heavy atom. The van der Waals surface area contributed by atoms with Crippen molar-refractivity contribution in [3.8, 4) is 17.3 Å². The molecule has 1 aliphatic rings. The molecule has 3 aromatic carbocycles. The maximum absolute atomic E-state index is 14.6. The van der Waals surface area contributed by atoms with E-state index in [-0.39, 0.29) is 18.2 Å². The fourth-order valence-electron chi connectivity index (χ4n) is 4.45. The summed E-state index contributed by atoms with van der Waals surface area (Å²) in [5.74, 6) is -0.0673. The maximum Gasteiger partial charge on any atom is 0.257 e. The quantitative estimate of drug-likeness (QED) is 0.263. The summed E-state index contributed by atoms with van der Waals surface area (Å²) in [5, 5.41) is 5.20. The fourth-order valence-corrected chi connectivity index (χ4v) is 4.62. The summed E-state index contributed by atoms with van der Waals surface area (Å²) >= 11 is 6.42. The topological polar surface area (TPSA) is 56.6 Å². The van der Waals surface area contributed by atoms with E-state index in [1.165, 1.54) is 12.1 Å². The average Bonchev–Trinajstić information content (AvgIpc) is 3.53. The van der Waals surface area contributed by atoms with Crippen LogP contribution in [0.4, 0.5) is 4.39 Å². The zero-order chi connectivity index (χ0) is 25.8. The Balaban J connectivity index is 1.57. The SMILES string of the molecule is Cc1nn(-c2ccccc2)c(Oc2ccccc2Cl)c1CN(C[C@H]1CCCO1)C(=O)c1ccccc1F. The Labute approximate surface area is 220 Å². The summed E-state index contributed by atoms with van der Waals surface area (Å²) in [6, 6.07) is 22.8. The molecule has 0 saturated carbocycles. The molecule has 0 spiro atoms. The van der Waals surface area contributed by atoms with Gasteiger partial charge >= 0.3 is 0 Å². The molecule has 0 unspecified atom stereocenters. The minimum absolute atomic E-state index is 0.0159. The molecule has 2 heterocycles. The van der Waals surface area contributed by atoms with E-state index in [9.17, 15) is 9.18 Å². The molecule has 1 atom stereocenters. The van der Waals surface area contributed by atoms with Gasteiger partial charge in [0.2, 0.25) is 5.88 Å². The number of benzene rings is 3. The number of ether oxygens (including phenoxy) is 2. The molecule has 5 rings (SSSR count). The van der Waals surface area contributed by atoms with Crippen LogP contribution in [-0.4, -0.2) is 39.8 Å². The molecule has 1 fully saturated rings. The van der Waals surface area contributed by atoms with Crippen LogP contribution in [0.5, 0.6) is 11.6 Å². The van der Waals surface area contributed by atoms with E-state index < -0.39 is 11.7 Å². The number of carbonyl (C=O) groups is 1. The van der Waals surface area contributed by atoms with Gasteiger partial charge in [-0.15, -0.1) is 0 Å². The van der Waals surface area contributed by atoms with Crippen molar-refractivity contribution in [2.24, 2.45) is 0 Å². The van der Waals surface area contributed by atoms with Crippen molar-refractivity contribution in [2.45, 2.75) is 32.4 Å².